The van der Waals surface area contributed by atoms with Crippen molar-refractivity contribution < 1.29 is 27.8 Å². The largest absolute Gasteiger partial charge is 0.389 e. The standard InChI is InChI=1S/C27H28F3N3O3/c1-27(2,3)26-25(35)19(31)12-22(36-26)15-9-10-32-13-14(15)11-21(34)20-8-7-18(30)24(33-20)23-16(28)5-4-6-17(23)29/h4-10,13,19,22,25-26,35H,11-12,31H2,1-3H3/t19-,22-,25+,26+/m0/s1. The highest BCUT2D eigenvalue weighted by Gasteiger charge is 2.42. The third-order valence-electron chi connectivity index (χ3n) is 6.37. The van der Waals surface area contributed by atoms with Gasteiger partial charge in [-0.25, -0.2) is 18.2 Å². The maximum atomic E-state index is 14.4. The van der Waals surface area contributed by atoms with E-state index in [1.54, 1.807) is 12.3 Å². The highest BCUT2D eigenvalue weighted by Crippen LogP contribution is 2.39. The molecule has 0 saturated carbocycles. The van der Waals surface area contributed by atoms with Gasteiger partial charge < -0.3 is 15.6 Å². The Morgan fingerprint density at radius 2 is 1.81 bits per heavy atom. The van der Waals surface area contributed by atoms with Crippen molar-refractivity contribution in [2.75, 3.05) is 0 Å². The lowest BCUT2D eigenvalue weighted by atomic mass is 9.79. The normalized spacial score (nSPS) is 22.4. The lowest BCUT2D eigenvalue weighted by Crippen LogP contribution is -2.54. The monoisotopic (exact) mass is 499 g/mol. The number of ketones is 1. The number of hydrogen-bond donors (Lipinski definition) is 2. The Bertz CT molecular complexity index is 1260. The summed E-state index contributed by atoms with van der Waals surface area (Å²) < 4.78 is 49.2. The second kappa shape index (κ2) is 10.1. The van der Waals surface area contributed by atoms with E-state index >= 15 is 0 Å². The number of Topliss-reactive ketones (excluding diaryl/α,β-unsaturated/α-hetero) is 1. The summed E-state index contributed by atoms with van der Waals surface area (Å²) in [7, 11) is 0. The fourth-order valence-corrected chi connectivity index (χ4v) is 4.50. The first-order valence-electron chi connectivity index (χ1n) is 11.6. The molecular formula is C27H28F3N3O3. The zero-order chi connectivity index (χ0) is 26.2. The first kappa shape index (κ1) is 25.9. The molecule has 4 rings (SSSR count). The van der Waals surface area contributed by atoms with Crippen molar-refractivity contribution in [1.29, 1.82) is 0 Å². The molecule has 0 unspecified atom stereocenters. The molecule has 190 valence electrons. The minimum atomic E-state index is -0.984. The van der Waals surface area contributed by atoms with Crippen molar-refractivity contribution in [2.45, 2.75) is 58.0 Å². The molecule has 9 heteroatoms. The average Bonchev–Trinajstić information content (AvgIpc) is 2.81. The van der Waals surface area contributed by atoms with Crippen molar-refractivity contribution in [2.24, 2.45) is 11.1 Å². The molecule has 3 aromatic rings. The number of pyridine rings is 2. The number of aliphatic hydroxyl groups excluding tert-OH is 1. The van der Waals surface area contributed by atoms with Gasteiger partial charge in [0.15, 0.2) is 5.78 Å². The zero-order valence-corrected chi connectivity index (χ0v) is 20.2. The Labute approximate surface area is 207 Å². The number of benzene rings is 1. The van der Waals surface area contributed by atoms with Crippen LogP contribution in [0.1, 0.15) is 54.9 Å². The maximum Gasteiger partial charge on any atom is 0.185 e. The lowest BCUT2D eigenvalue weighted by Gasteiger charge is -2.44. The minimum Gasteiger partial charge on any atom is -0.389 e. The number of rotatable bonds is 5. The van der Waals surface area contributed by atoms with Gasteiger partial charge in [-0.3, -0.25) is 9.78 Å². The predicted octanol–water partition coefficient (Wildman–Crippen LogP) is 4.55. The van der Waals surface area contributed by atoms with E-state index in [1.807, 2.05) is 20.8 Å². The van der Waals surface area contributed by atoms with E-state index in [9.17, 15) is 23.1 Å². The summed E-state index contributed by atoms with van der Waals surface area (Å²) in [6.45, 7) is 5.84. The van der Waals surface area contributed by atoms with Gasteiger partial charge in [-0.1, -0.05) is 26.8 Å². The topological polar surface area (TPSA) is 98.3 Å². The Morgan fingerprint density at radius 1 is 1.11 bits per heavy atom. The molecule has 2 aromatic heterocycles. The number of nitrogens with zero attached hydrogens (tertiary/aromatic N) is 2. The van der Waals surface area contributed by atoms with E-state index < -0.39 is 58.8 Å². The fourth-order valence-electron chi connectivity index (χ4n) is 4.50. The molecule has 1 saturated heterocycles. The third-order valence-corrected chi connectivity index (χ3v) is 6.37. The molecule has 6 nitrogen and oxygen atoms in total. The van der Waals surface area contributed by atoms with Gasteiger partial charge in [-0.15, -0.1) is 0 Å². The summed E-state index contributed by atoms with van der Waals surface area (Å²) in [6.07, 6.45) is 1.44. The summed E-state index contributed by atoms with van der Waals surface area (Å²) in [4.78, 5) is 21.2. The number of aliphatic hydroxyl groups is 1. The third kappa shape index (κ3) is 5.18. The number of carbonyl (C=O) groups excluding carboxylic acids is 1. The van der Waals surface area contributed by atoms with E-state index in [0.717, 1.165) is 24.3 Å². The summed E-state index contributed by atoms with van der Waals surface area (Å²) in [5, 5.41) is 10.6. The van der Waals surface area contributed by atoms with E-state index in [2.05, 4.69) is 9.97 Å². The van der Waals surface area contributed by atoms with Crippen LogP contribution in [0.25, 0.3) is 11.3 Å². The SMILES string of the molecule is CC(C)(C)[C@@H]1O[C@H](c2ccncc2CC(=O)c2ccc(F)c(-c3c(F)cccc3F)n2)C[C@H](N)[C@H]1O. The van der Waals surface area contributed by atoms with Crippen LogP contribution >= 0.6 is 0 Å². The van der Waals surface area contributed by atoms with Gasteiger partial charge in [-0.2, -0.15) is 0 Å². The summed E-state index contributed by atoms with van der Waals surface area (Å²) >= 11 is 0. The van der Waals surface area contributed by atoms with Gasteiger partial charge >= 0.3 is 0 Å². The molecule has 0 bridgehead atoms. The van der Waals surface area contributed by atoms with Crippen LogP contribution in [0.4, 0.5) is 13.2 Å². The van der Waals surface area contributed by atoms with E-state index in [4.69, 9.17) is 10.5 Å². The van der Waals surface area contributed by atoms with Crippen LogP contribution in [0.3, 0.4) is 0 Å². The molecular weight excluding hydrogens is 471 g/mol. The van der Waals surface area contributed by atoms with Crippen LogP contribution in [-0.2, 0) is 11.2 Å². The van der Waals surface area contributed by atoms with E-state index in [-0.39, 0.29) is 17.5 Å². The molecule has 0 radical (unpaired) electrons. The molecule has 3 heterocycles. The molecule has 0 aliphatic carbocycles. The van der Waals surface area contributed by atoms with Crippen molar-refractivity contribution >= 4 is 5.78 Å². The highest BCUT2D eigenvalue weighted by molar-refractivity contribution is 5.96. The molecule has 1 aliphatic rings. The van der Waals surface area contributed by atoms with Crippen LogP contribution in [-0.4, -0.2) is 39.1 Å². The molecule has 1 fully saturated rings. The quantitative estimate of drug-likeness (QED) is 0.500. The van der Waals surface area contributed by atoms with E-state index in [1.165, 1.54) is 12.3 Å². The number of ether oxygens (including phenoxy) is 1. The molecule has 36 heavy (non-hydrogen) atoms. The van der Waals surface area contributed by atoms with Gasteiger partial charge in [0.05, 0.1) is 23.9 Å². The molecule has 1 aromatic carbocycles. The van der Waals surface area contributed by atoms with E-state index in [0.29, 0.717) is 17.5 Å². The van der Waals surface area contributed by atoms with Gasteiger partial charge in [0.2, 0.25) is 0 Å². The van der Waals surface area contributed by atoms with Crippen LogP contribution in [0.5, 0.6) is 0 Å². The molecule has 1 aliphatic heterocycles. The van der Waals surface area contributed by atoms with Crippen molar-refractivity contribution in [1.82, 2.24) is 9.97 Å². The number of halogens is 3. The van der Waals surface area contributed by atoms with Gasteiger partial charge in [0, 0.05) is 24.9 Å². The predicted molar refractivity (Wildman–Crippen MR) is 127 cm³/mol. The van der Waals surface area contributed by atoms with Crippen LogP contribution < -0.4 is 5.73 Å². The summed E-state index contributed by atoms with van der Waals surface area (Å²) in [5.41, 5.74) is 5.73. The maximum absolute atomic E-state index is 14.4. The smallest absolute Gasteiger partial charge is 0.185 e. The number of nitrogens with two attached hydrogens (primary N) is 1. The van der Waals surface area contributed by atoms with Crippen LogP contribution in [0, 0.1) is 22.9 Å². The molecule has 3 N–H and O–H groups in total. The number of hydrogen-bond acceptors (Lipinski definition) is 6. The zero-order valence-electron chi connectivity index (χ0n) is 20.2. The van der Waals surface area contributed by atoms with Gasteiger partial charge in [0.25, 0.3) is 0 Å². The molecule has 0 amide bonds. The second-order valence-electron chi connectivity index (χ2n) is 10.1. The van der Waals surface area contributed by atoms with Gasteiger partial charge in [0.1, 0.15) is 28.8 Å². The van der Waals surface area contributed by atoms with Crippen molar-refractivity contribution in [3.63, 3.8) is 0 Å². The Morgan fingerprint density at radius 3 is 2.47 bits per heavy atom. The molecule has 4 atom stereocenters. The second-order valence-corrected chi connectivity index (χ2v) is 10.1. The fraction of sp³-hybridized carbons (Fsp3) is 0.370. The number of carbonyl (C=O) groups is 1. The number of aromatic nitrogens is 2. The van der Waals surface area contributed by atoms with Crippen LogP contribution in [0.2, 0.25) is 0 Å². The average molecular weight is 500 g/mol. The summed E-state index contributed by atoms with van der Waals surface area (Å²) in [6, 6.07) is 6.49. The first-order valence-corrected chi connectivity index (χ1v) is 11.6. The Balaban J connectivity index is 1.64. The minimum absolute atomic E-state index is 0.145. The highest BCUT2D eigenvalue weighted by atomic mass is 19.1. The summed E-state index contributed by atoms with van der Waals surface area (Å²) in [5.74, 6) is -3.41. The van der Waals surface area contributed by atoms with Crippen molar-refractivity contribution in [3.8, 4) is 11.3 Å². The Hall–Kier alpha value is -3.14. The van der Waals surface area contributed by atoms with Crippen molar-refractivity contribution in [3.05, 3.63) is 83.1 Å². The lowest BCUT2D eigenvalue weighted by molar-refractivity contribution is -0.167. The molecule has 0 spiro atoms. The first-order chi connectivity index (χ1) is 17.0. The van der Waals surface area contributed by atoms with Gasteiger partial charge in [-0.05, 0) is 53.3 Å². The van der Waals surface area contributed by atoms with Crippen LogP contribution in [0.15, 0.2) is 48.8 Å². The Kier molecular flexibility index (Phi) is 7.26.